The van der Waals surface area contributed by atoms with Gasteiger partial charge in [0.05, 0.1) is 18.4 Å². The molecule has 2 aliphatic rings. The summed E-state index contributed by atoms with van der Waals surface area (Å²) in [6, 6.07) is 2.13. The maximum absolute atomic E-state index is 12.6. The van der Waals surface area contributed by atoms with Crippen molar-refractivity contribution in [2.24, 2.45) is 23.2 Å². The van der Waals surface area contributed by atoms with E-state index < -0.39 is 6.10 Å². The molecule has 4 rings (SSSR count). The smallest absolute Gasteiger partial charge is 0.223 e. The van der Waals surface area contributed by atoms with Crippen LogP contribution in [0.25, 0.3) is 10.6 Å². The topological polar surface area (TPSA) is 71.5 Å². The molecule has 30 heavy (non-hydrogen) atoms. The van der Waals surface area contributed by atoms with Gasteiger partial charge in [-0.25, -0.2) is 4.98 Å². The van der Waals surface area contributed by atoms with E-state index in [0.29, 0.717) is 13.2 Å². The minimum atomic E-state index is -0.499. The van der Waals surface area contributed by atoms with E-state index in [-0.39, 0.29) is 35.0 Å². The number of thiazole rings is 1. The molecule has 0 saturated heterocycles. The van der Waals surface area contributed by atoms with Gasteiger partial charge in [0, 0.05) is 41.3 Å². The molecule has 0 spiro atoms. The number of amides is 1. The number of aliphatic hydroxyl groups excluding tert-OH is 1. The molecule has 0 radical (unpaired) electrons. The van der Waals surface area contributed by atoms with E-state index in [1.165, 1.54) is 10.4 Å². The average Bonchev–Trinajstić information content (AvgIpc) is 3.37. The first-order chi connectivity index (χ1) is 14.4. The molecular weight excluding hydrogens is 416 g/mol. The number of nitrogens with zero attached hydrogens (tertiary/aromatic N) is 1. The zero-order valence-electron chi connectivity index (χ0n) is 18.2. The Morgan fingerprint density at radius 3 is 3.00 bits per heavy atom. The van der Waals surface area contributed by atoms with Crippen molar-refractivity contribution >= 4 is 28.6 Å². The summed E-state index contributed by atoms with van der Waals surface area (Å²) in [6.45, 7) is 7.50. The van der Waals surface area contributed by atoms with E-state index in [9.17, 15) is 9.90 Å². The number of nitrogens with one attached hydrogen (secondary N) is 1. The van der Waals surface area contributed by atoms with E-state index in [1.54, 1.807) is 18.4 Å². The van der Waals surface area contributed by atoms with Crippen LogP contribution in [0.4, 0.5) is 0 Å². The van der Waals surface area contributed by atoms with Crippen LogP contribution in [0.5, 0.6) is 0 Å². The van der Waals surface area contributed by atoms with Gasteiger partial charge < -0.3 is 15.2 Å². The van der Waals surface area contributed by atoms with E-state index in [4.69, 9.17) is 9.72 Å². The number of methoxy groups -OCH3 is 1. The highest BCUT2D eigenvalue weighted by molar-refractivity contribution is 7.15. The summed E-state index contributed by atoms with van der Waals surface area (Å²) in [5.41, 5.74) is 2.40. The van der Waals surface area contributed by atoms with Crippen molar-refractivity contribution in [3.8, 4) is 10.6 Å². The number of rotatable bonds is 6. The SMILES string of the molecule is COCCNC(=O)[C@@H](C)[C@H]1CC[C@]2(C)Cc3sc(-c4ccsc4)nc3[C@H](C)[C@@H]2[C@H]1O. The molecular formula is C23H32N2O3S2. The summed E-state index contributed by atoms with van der Waals surface area (Å²) in [5.74, 6) is 0.0769. The molecule has 2 aromatic rings. The zero-order chi connectivity index (χ0) is 21.5. The van der Waals surface area contributed by atoms with E-state index >= 15 is 0 Å². The number of carbonyl (C=O) groups is 1. The molecule has 0 unspecified atom stereocenters. The highest BCUT2D eigenvalue weighted by Crippen LogP contribution is 2.57. The Kier molecular flexibility index (Phi) is 6.35. The van der Waals surface area contributed by atoms with E-state index in [1.807, 2.05) is 18.3 Å². The van der Waals surface area contributed by atoms with Gasteiger partial charge in [0.1, 0.15) is 5.01 Å². The Hall–Kier alpha value is -1.28. The Morgan fingerprint density at radius 1 is 1.50 bits per heavy atom. The second kappa shape index (κ2) is 8.69. The molecule has 1 amide bonds. The Morgan fingerprint density at radius 2 is 2.30 bits per heavy atom. The number of fused-ring (bicyclic) bond motifs is 2. The second-order valence-corrected chi connectivity index (χ2v) is 11.1. The zero-order valence-corrected chi connectivity index (χ0v) is 19.8. The van der Waals surface area contributed by atoms with Gasteiger partial charge in [-0.15, -0.1) is 11.3 Å². The highest BCUT2D eigenvalue weighted by Gasteiger charge is 2.53. The maximum Gasteiger partial charge on any atom is 0.223 e. The minimum Gasteiger partial charge on any atom is -0.392 e. The number of aromatic nitrogens is 1. The standard InChI is InChI=1S/C23H32N2O3S2/c1-13(21(27)24-8-9-28-4)16-5-7-23(3)11-17-19(14(2)18(23)20(16)26)25-22(30-17)15-6-10-29-12-15/h6,10,12-14,16,18,20,26H,5,7-9,11H2,1-4H3,(H,24,27)/t13-,14+,16+,18+,20-,23+/m0/s1. The lowest BCUT2D eigenvalue weighted by molar-refractivity contribution is -0.135. The first-order valence-corrected chi connectivity index (χ1v) is 12.6. The monoisotopic (exact) mass is 448 g/mol. The van der Waals surface area contributed by atoms with Gasteiger partial charge in [-0.2, -0.15) is 11.3 Å². The molecule has 2 aromatic heterocycles. The Bertz CT molecular complexity index is 881. The van der Waals surface area contributed by atoms with Crippen LogP contribution in [0, 0.1) is 23.2 Å². The van der Waals surface area contributed by atoms with Gasteiger partial charge >= 0.3 is 0 Å². The van der Waals surface area contributed by atoms with Crippen LogP contribution >= 0.6 is 22.7 Å². The van der Waals surface area contributed by atoms with Crippen LogP contribution in [0.15, 0.2) is 16.8 Å². The lowest BCUT2D eigenvalue weighted by Crippen LogP contribution is -2.53. The summed E-state index contributed by atoms with van der Waals surface area (Å²) in [4.78, 5) is 19.0. The molecule has 7 heteroatoms. The van der Waals surface area contributed by atoms with Crippen molar-refractivity contribution in [1.29, 1.82) is 0 Å². The van der Waals surface area contributed by atoms with Crippen LogP contribution in [-0.2, 0) is 16.0 Å². The molecule has 2 aliphatic carbocycles. The normalized spacial score (nSPS) is 31.6. The summed E-state index contributed by atoms with van der Waals surface area (Å²) < 4.78 is 5.03. The number of thiophene rings is 1. The predicted molar refractivity (Wildman–Crippen MR) is 122 cm³/mol. The third kappa shape index (κ3) is 3.85. The number of hydrogen-bond acceptors (Lipinski definition) is 6. The van der Waals surface area contributed by atoms with Gasteiger partial charge in [-0.1, -0.05) is 20.8 Å². The highest BCUT2D eigenvalue weighted by atomic mass is 32.1. The lowest BCUT2D eigenvalue weighted by Gasteiger charge is -2.53. The fourth-order valence-corrected chi connectivity index (χ4v) is 7.76. The second-order valence-electron chi connectivity index (χ2n) is 9.25. The van der Waals surface area contributed by atoms with E-state index in [2.05, 4.69) is 36.0 Å². The molecule has 5 nitrogen and oxygen atoms in total. The quantitative estimate of drug-likeness (QED) is 0.646. The van der Waals surface area contributed by atoms with Crippen LogP contribution in [-0.4, -0.2) is 42.4 Å². The minimum absolute atomic E-state index is 0.0113. The van der Waals surface area contributed by atoms with Gasteiger partial charge in [0.2, 0.25) is 5.91 Å². The molecule has 6 atom stereocenters. The van der Waals surface area contributed by atoms with Crippen LogP contribution in [0.3, 0.4) is 0 Å². The van der Waals surface area contributed by atoms with Crippen molar-refractivity contribution in [1.82, 2.24) is 10.3 Å². The molecule has 2 heterocycles. The van der Waals surface area contributed by atoms with Crippen LogP contribution < -0.4 is 5.32 Å². The molecule has 1 saturated carbocycles. The Labute approximate surface area is 186 Å². The molecule has 0 aliphatic heterocycles. The number of aliphatic hydroxyl groups is 1. The number of ether oxygens (including phenoxy) is 1. The third-order valence-electron chi connectivity index (χ3n) is 7.35. The van der Waals surface area contributed by atoms with Crippen LogP contribution in [0.2, 0.25) is 0 Å². The first-order valence-electron chi connectivity index (χ1n) is 10.8. The average molecular weight is 449 g/mol. The molecule has 0 aromatic carbocycles. The summed E-state index contributed by atoms with van der Waals surface area (Å²) in [5, 5.41) is 19.8. The number of hydrogen-bond donors (Lipinski definition) is 2. The fraction of sp³-hybridized carbons (Fsp3) is 0.652. The van der Waals surface area contributed by atoms with Gasteiger partial charge in [0.25, 0.3) is 0 Å². The van der Waals surface area contributed by atoms with E-state index in [0.717, 1.165) is 30.0 Å². The molecule has 164 valence electrons. The third-order valence-corrected chi connectivity index (χ3v) is 9.15. The lowest BCUT2D eigenvalue weighted by atomic mass is 9.53. The maximum atomic E-state index is 12.6. The van der Waals surface area contributed by atoms with Crippen molar-refractivity contribution in [2.45, 2.75) is 52.1 Å². The van der Waals surface area contributed by atoms with Crippen molar-refractivity contribution < 1.29 is 14.6 Å². The van der Waals surface area contributed by atoms with Crippen LogP contribution in [0.1, 0.15) is 50.1 Å². The summed E-state index contributed by atoms with van der Waals surface area (Å²) in [6.07, 6.45) is 2.38. The van der Waals surface area contributed by atoms with Crippen molar-refractivity contribution in [2.75, 3.05) is 20.3 Å². The van der Waals surface area contributed by atoms with Gasteiger partial charge in [-0.3, -0.25) is 4.79 Å². The molecule has 1 fully saturated rings. The summed E-state index contributed by atoms with van der Waals surface area (Å²) in [7, 11) is 1.63. The summed E-state index contributed by atoms with van der Waals surface area (Å²) >= 11 is 3.51. The first kappa shape index (κ1) is 21.9. The van der Waals surface area contributed by atoms with Crippen molar-refractivity contribution in [3.05, 3.63) is 27.4 Å². The molecule has 0 bridgehead atoms. The molecule has 2 N–H and O–H groups in total. The predicted octanol–water partition coefficient (Wildman–Crippen LogP) is 4.32. The largest absolute Gasteiger partial charge is 0.392 e. The Balaban J connectivity index is 1.56. The van der Waals surface area contributed by atoms with Crippen molar-refractivity contribution in [3.63, 3.8) is 0 Å². The van der Waals surface area contributed by atoms with Gasteiger partial charge in [0.15, 0.2) is 0 Å². The van der Waals surface area contributed by atoms with Gasteiger partial charge in [-0.05, 0) is 48.0 Å². The number of carbonyl (C=O) groups excluding carboxylic acids is 1. The fourth-order valence-electron chi connectivity index (χ4n) is 5.69.